The smallest absolute Gasteiger partial charge is 0.139 e. The van der Waals surface area contributed by atoms with Crippen molar-refractivity contribution in [2.75, 3.05) is 11.4 Å². The molecule has 1 aliphatic heterocycles. The summed E-state index contributed by atoms with van der Waals surface area (Å²) in [7, 11) is 0. The summed E-state index contributed by atoms with van der Waals surface area (Å²) in [6.07, 6.45) is 2.09. The maximum atomic E-state index is 10.8. The van der Waals surface area contributed by atoms with E-state index in [9.17, 15) is 4.79 Å². The Labute approximate surface area is 97.3 Å². The number of benzene rings is 1. The topological polar surface area (TPSA) is 20.3 Å². The normalized spacial score (nSPS) is 22.7. The Morgan fingerprint density at radius 1 is 1.44 bits per heavy atom. The fourth-order valence-electron chi connectivity index (χ4n) is 2.87. The number of nitrogens with zero attached hydrogens (tertiary/aromatic N) is 1. The first-order valence-electron chi connectivity index (χ1n) is 5.86. The number of aldehydes is 1. The molecule has 0 unspecified atom stereocenters. The van der Waals surface area contributed by atoms with Crippen LogP contribution in [0, 0.1) is 0 Å². The Bertz CT molecular complexity index is 397. The van der Waals surface area contributed by atoms with Crippen molar-refractivity contribution in [3.05, 3.63) is 29.8 Å². The predicted octanol–water partition coefficient (Wildman–Crippen LogP) is 2.98. The van der Waals surface area contributed by atoms with E-state index < -0.39 is 0 Å². The van der Waals surface area contributed by atoms with Gasteiger partial charge in [-0.3, -0.25) is 0 Å². The van der Waals surface area contributed by atoms with Crippen molar-refractivity contribution in [2.45, 2.75) is 38.6 Å². The van der Waals surface area contributed by atoms with Crippen LogP contribution < -0.4 is 4.90 Å². The van der Waals surface area contributed by atoms with Crippen LogP contribution in [0.4, 0.5) is 5.69 Å². The lowest BCUT2D eigenvalue weighted by molar-refractivity contribution is -0.107. The van der Waals surface area contributed by atoms with Crippen LogP contribution in [0.2, 0.25) is 0 Å². The highest BCUT2D eigenvalue weighted by Gasteiger charge is 2.35. The first-order valence-corrected chi connectivity index (χ1v) is 5.86. The molecule has 0 amide bonds. The quantitative estimate of drug-likeness (QED) is 0.710. The van der Waals surface area contributed by atoms with Crippen molar-refractivity contribution in [2.24, 2.45) is 0 Å². The fraction of sp³-hybridized carbons (Fsp3) is 0.500. The monoisotopic (exact) mass is 217 g/mol. The summed E-state index contributed by atoms with van der Waals surface area (Å²) in [6, 6.07) is 8.42. The maximum Gasteiger partial charge on any atom is 0.139 e. The Balaban J connectivity index is 2.49. The summed E-state index contributed by atoms with van der Waals surface area (Å²) in [6.45, 7) is 7.17. The molecule has 0 spiro atoms. The van der Waals surface area contributed by atoms with Gasteiger partial charge in [0, 0.05) is 11.2 Å². The molecule has 16 heavy (non-hydrogen) atoms. The molecule has 1 atom stereocenters. The Hall–Kier alpha value is -1.31. The summed E-state index contributed by atoms with van der Waals surface area (Å²) in [4.78, 5) is 13.0. The molecule has 0 fully saturated rings. The second kappa shape index (κ2) is 3.93. The zero-order valence-corrected chi connectivity index (χ0v) is 10.2. The number of hydrogen-bond acceptors (Lipinski definition) is 2. The van der Waals surface area contributed by atoms with Crippen LogP contribution in [0.15, 0.2) is 24.3 Å². The lowest BCUT2D eigenvalue weighted by Crippen LogP contribution is -2.49. The summed E-state index contributed by atoms with van der Waals surface area (Å²) in [5.41, 5.74) is 2.65. The van der Waals surface area contributed by atoms with E-state index in [4.69, 9.17) is 0 Å². The molecular formula is C14H19NO. The van der Waals surface area contributed by atoms with Crippen LogP contribution in [0.3, 0.4) is 0 Å². The van der Waals surface area contributed by atoms with Crippen molar-refractivity contribution in [1.82, 2.24) is 0 Å². The molecular weight excluding hydrogens is 198 g/mol. The van der Waals surface area contributed by atoms with Crippen molar-refractivity contribution in [3.8, 4) is 0 Å². The van der Waals surface area contributed by atoms with Gasteiger partial charge in [0.25, 0.3) is 0 Å². The van der Waals surface area contributed by atoms with Crippen molar-refractivity contribution < 1.29 is 4.79 Å². The molecule has 2 nitrogen and oxygen atoms in total. The molecule has 1 heterocycles. The number of hydrogen-bond donors (Lipinski definition) is 0. The highest BCUT2D eigenvalue weighted by atomic mass is 16.1. The fourth-order valence-corrected chi connectivity index (χ4v) is 2.87. The van der Waals surface area contributed by atoms with E-state index in [1.807, 2.05) is 6.07 Å². The highest BCUT2D eigenvalue weighted by molar-refractivity contribution is 5.67. The van der Waals surface area contributed by atoms with Gasteiger partial charge in [-0.05, 0) is 37.8 Å². The van der Waals surface area contributed by atoms with E-state index in [2.05, 4.69) is 43.9 Å². The van der Waals surface area contributed by atoms with Crippen molar-refractivity contribution >= 4 is 12.0 Å². The van der Waals surface area contributed by atoms with Crippen molar-refractivity contribution in [3.63, 3.8) is 0 Å². The standard InChI is InChI=1S/C14H19NO/c1-11-10-14(2,3)15(8-9-16)13-7-5-4-6-12(11)13/h4-7,9,11H,8,10H2,1-3H3/t11-/m1/s1. The third kappa shape index (κ3) is 1.73. The minimum atomic E-state index is 0.0642. The van der Waals surface area contributed by atoms with Crippen molar-refractivity contribution in [1.29, 1.82) is 0 Å². The Morgan fingerprint density at radius 3 is 2.81 bits per heavy atom. The average Bonchev–Trinajstić information content (AvgIpc) is 2.23. The number of fused-ring (bicyclic) bond motifs is 1. The summed E-state index contributed by atoms with van der Waals surface area (Å²) in [5, 5.41) is 0. The number of carbonyl (C=O) groups is 1. The largest absolute Gasteiger partial charge is 0.359 e. The van der Waals surface area contributed by atoms with Crippen LogP contribution in [0.1, 0.15) is 38.7 Å². The lowest BCUT2D eigenvalue weighted by atomic mass is 9.80. The molecule has 2 heteroatoms. The van der Waals surface area contributed by atoms with Crippen LogP contribution >= 0.6 is 0 Å². The molecule has 0 N–H and O–H groups in total. The molecule has 2 rings (SSSR count). The number of anilines is 1. The second-order valence-electron chi connectivity index (χ2n) is 5.25. The Kier molecular flexibility index (Phi) is 2.75. The van der Waals surface area contributed by atoms with E-state index in [1.165, 1.54) is 11.3 Å². The predicted molar refractivity (Wildman–Crippen MR) is 67.0 cm³/mol. The van der Waals surface area contributed by atoms with Gasteiger partial charge in [0.05, 0.1) is 6.54 Å². The first kappa shape index (κ1) is 11.2. The van der Waals surface area contributed by atoms with E-state index in [0.29, 0.717) is 12.5 Å². The average molecular weight is 217 g/mol. The molecule has 0 saturated heterocycles. The zero-order valence-electron chi connectivity index (χ0n) is 10.2. The van der Waals surface area contributed by atoms with Gasteiger partial charge < -0.3 is 9.69 Å². The van der Waals surface area contributed by atoms with E-state index in [1.54, 1.807) is 0 Å². The van der Waals surface area contributed by atoms with Gasteiger partial charge in [-0.2, -0.15) is 0 Å². The van der Waals surface area contributed by atoms with Crippen LogP contribution in [0.5, 0.6) is 0 Å². The van der Waals surface area contributed by atoms with Gasteiger partial charge in [-0.25, -0.2) is 0 Å². The third-order valence-corrected chi connectivity index (χ3v) is 3.55. The highest BCUT2D eigenvalue weighted by Crippen LogP contribution is 2.42. The molecule has 86 valence electrons. The summed E-state index contributed by atoms with van der Waals surface area (Å²) < 4.78 is 0. The van der Waals surface area contributed by atoms with Gasteiger partial charge in [0.2, 0.25) is 0 Å². The van der Waals surface area contributed by atoms with E-state index in [-0.39, 0.29) is 5.54 Å². The van der Waals surface area contributed by atoms with Gasteiger partial charge in [0.1, 0.15) is 6.29 Å². The Morgan fingerprint density at radius 2 is 2.12 bits per heavy atom. The molecule has 1 aromatic carbocycles. The SMILES string of the molecule is C[C@@H]1CC(C)(C)N(CC=O)c2ccccc21. The van der Waals surface area contributed by atoms with Gasteiger partial charge in [-0.1, -0.05) is 25.1 Å². The summed E-state index contributed by atoms with van der Waals surface area (Å²) in [5.74, 6) is 0.564. The van der Waals surface area contributed by atoms with Gasteiger partial charge in [-0.15, -0.1) is 0 Å². The molecule has 0 bridgehead atoms. The molecule has 1 aromatic rings. The second-order valence-corrected chi connectivity index (χ2v) is 5.25. The number of carbonyl (C=O) groups excluding carboxylic acids is 1. The molecule has 0 radical (unpaired) electrons. The van der Waals surface area contributed by atoms with Crippen LogP contribution in [0.25, 0.3) is 0 Å². The molecule has 1 aliphatic rings. The van der Waals surface area contributed by atoms with Gasteiger partial charge >= 0.3 is 0 Å². The molecule has 0 aliphatic carbocycles. The number of para-hydroxylation sites is 1. The number of rotatable bonds is 2. The summed E-state index contributed by atoms with van der Waals surface area (Å²) >= 11 is 0. The third-order valence-electron chi connectivity index (χ3n) is 3.55. The van der Waals surface area contributed by atoms with E-state index in [0.717, 1.165) is 12.7 Å². The zero-order chi connectivity index (χ0) is 11.8. The van der Waals surface area contributed by atoms with Gasteiger partial charge in [0.15, 0.2) is 0 Å². The molecule has 0 saturated carbocycles. The lowest BCUT2D eigenvalue weighted by Gasteiger charge is -2.46. The van der Waals surface area contributed by atoms with E-state index >= 15 is 0 Å². The first-order chi connectivity index (χ1) is 7.56. The maximum absolute atomic E-state index is 10.8. The minimum absolute atomic E-state index is 0.0642. The van der Waals surface area contributed by atoms with Crippen LogP contribution in [-0.2, 0) is 4.79 Å². The molecule has 0 aromatic heterocycles. The minimum Gasteiger partial charge on any atom is -0.359 e. The van der Waals surface area contributed by atoms with Crippen LogP contribution in [-0.4, -0.2) is 18.4 Å².